The molecule has 0 spiro atoms. The van der Waals surface area contributed by atoms with E-state index >= 15 is 0 Å². The average molecular weight is 172 g/mol. The van der Waals surface area contributed by atoms with Gasteiger partial charge in [-0.15, -0.1) is 0 Å². The Labute approximate surface area is 74.3 Å². The van der Waals surface area contributed by atoms with E-state index in [0.29, 0.717) is 24.6 Å². The number of aliphatic hydroxyl groups is 1. The summed E-state index contributed by atoms with van der Waals surface area (Å²) in [6, 6.07) is 1.07. The fraction of sp³-hybridized carbons (Fsp3) is 1.00. The Morgan fingerprint density at radius 1 is 1.58 bits per heavy atom. The van der Waals surface area contributed by atoms with Crippen LogP contribution in [0.25, 0.3) is 0 Å². The predicted octanol–water partition coefficient (Wildman–Crippen LogP) is 0.0842. The molecule has 0 aromatic carbocycles. The van der Waals surface area contributed by atoms with Crippen LogP contribution in [0.5, 0.6) is 0 Å². The summed E-state index contributed by atoms with van der Waals surface area (Å²) in [5.41, 5.74) is 5.65. The molecule has 0 amide bonds. The van der Waals surface area contributed by atoms with Crippen molar-refractivity contribution in [2.24, 2.45) is 11.7 Å². The number of nitrogens with one attached hydrogen (secondary N) is 1. The first-order valence-corrected chi connectivity index (χ1v) is 4.82. The maximum atomic E-state index is 8.67. The fourth-order valence-electron chi connectivity index (χ4n) is 1.52. The van der Waals surface area contributed by atoms with Crippen molar-refractivity contribution in [3.8, 4) is 0 Å². The van der Waals surface area contributed by atoms with Crippen molar-refractivity contribution >= 4 is 0 Å². The highest BCUT2D eigenvalue weighted by Gasteiger charge is 2.25. The summed E-state index contributed by atoms with van der Waals surface area (Å²) in [7, 11) is 0. The van der Waals surface area contributed by atoms with Gasteiger partial charge in [-0.1, -0.05) is 6.92 Å². The minimum absolute atomic E-state index is 0.299. The first-order valence-electron chi connectivity index (χ1n) is 4.82. The van der Waals surface area contributed by atoms with Gasteiger partial charge >= 0.3 is 0 Å². The van der Waals surface area contributed by atoms with Gasteiger partial charge in [-0.05, 0) is 31.7 Å². The molecule has 1 aliphatic carbocycles. The lowest BCUT2D eigenvalue weighted by Crippen LogP contribution is -2.49. The van der Waals surface area contributed by atoms with Crippen LogP contribution in [0.1, 0.15) is 26.2 Å². The molecule has 1 fully saturated rings. The SMILES string of the molecule is CC(CCO)CNC1CC(N)C1. The minimum Gasteiger partial charge on any atom is -0.396 e. The second-order valence-corrected chi connectivity index (χ2v) is 3.95. The summed E-state index contributed by atoms with van der Waals surface area (Å²) >= 11 is 0. The van der Waals surface area contributed by atoms with Gasteiger partial charge in [-0.3, -0.25) is 0 Å². The predicted molar refractivity (Wildman–Crippen MR) is 49.9 cm³/mol. The number of hydrogen-bond acceptors (Lipinski definition) is 3. The van der Waals surface area contributed by atoms with E-state index in [0.717, 1.165) is 25.8 Å². The zero-order chi connectivity index (χ0) is 8.97. The summed E-state index contributed by atoms with van der Waals surface area (Å²) in [6.07, 6.45) is 3.13. The van der Waals surface area contributed by atoms with Gasteiger partial charge in [0.2, 0.25) is 0 Å². The van der Waals surface area contributed by atoms with Crippen LogP contribution in [-0.4, -0.2) is 30.3 Å². The molecular weight excluding hydrogens is 152 g/mol. The van der Waals surface area contributed by atoms with E-state index in [2.05, 4.69) is 12.2 Å². The van der Waals surface area contributed by atoms with Crippen LogP contribution >= 0.6 is 0 Å². The average Bonchev–Trinajstić information content (AvgIpc) is 1.96. The highest BCUT2D eigenvalue weighted by molar-refractivity contribution is 4.87. The molecule has 0 aromatic rings. The van der Waals surface area contributed by atoms with Gasteiger partial charge in [0.25, 0.3) is 0 Å². The number of nitrogens with two attached hydrogens (primary N) is 1. The molecule has 0 aromatic heterocycles. The molecule has 3 nitrogen and oxygen atoms in total. The fourth-order valence-corrected chi connectivity index (χ4v) is 1.52. The monoisotopic (exact) mass is 172 g/mol. The lowest BCUT2D eigenvalue weighted by Gasteiger charge is -2.34. The number of rotatable bonds is 5. The van der Waals surface area contributed by atoms with Crippen LogP contribution < -0.4 is 11.1 Å². The summed E-state index contributed by atoms with van der Waals surface area (Å²) in [5, 5.41) is 12.1. The summed E-state index contributed by atoms with van der Waals surface area (Å²) in [6.45, 7) is 3.47. The van der Waals surface area contributed by atoms with Crippen molar-refractivity contribution < 1.29 is 5.11 Å². The van der Waals surface area contributed by atoms with E-state index in [1.165, 1.54) is 0 Å². The topological polar surface area (TPSA) is 58.3 Å². The first kappa shape index (κ1) is 9.96. The van der Waals surface area contributed by atoms with Gasteiger partial charge in [0.05, 0.1) is 0 Å². The second-order valence-electron chi connectivity index (χ2n) is 3.95. The molecule has 12 heavy (non-hydrogen) atoms. The van der Waals surface area contributed by atoms with Gasteiger partial charge in [-0.2, -0.15) is 0 Å². The van der Waals surface area contributed by atoms with E-state index in [4.69, 9.17) is 10.8 Å². The van der Waals surface area contributed by atoms with E-state index in [1.54, 1.807) is 0 Å². The van der Waals surface area contributed by atoms with Crippen LogP contribution in [0.2, 0.25) is 0 Å². The quantitative estimate of drug-likeness (QED) is 0.550. The normalized spacial score (nSPS) is 31.2. The van der Waals surface area contributed by atoms with Crippen molar-refractivity contribution in [2.75, 3.05) is 13.2 Å². The van der Waals surface area contributed by atoms with E-state index in [-0.39, 0.29) is 0 Å². The zero-order valence-electron chi connectivity index (χ0n) is 7.79. The molecule has 0 heterocycles. The second kappa shape index (κ2) is 4.80. The molecule has 1 rings (SSSR count). The smallest absolute Gasteiger partial charge is 0.0434 e. The number of aliphatic hydroxyl groups excluding tert-OH is 1. The molecule has 3 heteroatoms. The standard InChI is InChI=1S/C9H20N2O/c1-7(2-3-12)6-11-9-4-8(10)5-9/h7-9,11-12H,2-6,10H2,1H3. The molecular formula is C9H20N2O. The third-order valence-corrected chi connectivity index (χ3v) is 2.55. The minimum atomic E-state index is 0.299. The Morgan fingerprint density at radius 2 is 2.25 bits per heavy atom. The van der Waals surface area contributed by atoms with Crippen LogP contribution in [0, 0.1) is 5.92 Å². The Kier molecular flexibility index (Phi) is 3.98. The largest absolute Gasteiger partial charge is 0.396 e. The van der Waals surface area contributed by atoms with Gasteiger partial charge in [-0.25, -0.2) is 0 Å². The van der Waals surface area contributed by atoms with Gasteiger partial charge < -0.3 is 16.2 Å². The molecule has 0 aliphatic heterocycles. The zero-order valence-corrected chi connectivity index (χ0v) is 7.79. The molecule has 1 atom stereocenters. The summed E-state index contributed by atoms with van der Waals surface area (Å²) in [5.74, 6) is 0.576. The van der Waals surface area contributed by atoms with Crippen LogP contribution in [0.3, 0.4) is 0 Å². The lowest BCUT2D eigenvalue weighted by molar-refractivity contribution is 0.241. The van der Waals surface area contributed by atoms with Gasteiger partial charge in [0.15, 0.2) is 0 Å². The Balaban J connectivity index is 1.95. The molecule has 1 saturated carbocycles. The third-order valence-electron chi connectivity index (χ3n) is 2.55. The highest BCUT2D eigenvalue weighted by Crippen LogP contribution is 2.17. The van der Waals surface area contributed by atoms with Gasteiger partial charge in [0, 0.05) is 18.7 Å². The Bertz CT molecular complexity index is 119. The molecule has 72 valence electrons. The van der Waals surface area contributed by atoms with Crippen molar-refractivity contribution in [3.63, 3.8) is 0 Å². The Hall–Kier alpha value is -0.120. The molecule has 1 aliphatic rings. The molecule has 1 unspecified atom stereocenters. The van der Waals surface area contributed by atoms with Crippen molar-refractivity contribution in [3.05, 3.63) is 0 Å². The molecule has 4 N–H and O–H groups in total. The number of hydrogen-bond donors (Lipinski definition) is 3. The van der Waals surface area contributed by atoms with Crippen LogP contribution in [0.15, 0.2) is 0 Å². The van der Waals surface area contributed by atoms with Crippen LogP contribution in [-0.2, 0) is 0 Å². The van der Waals surface area contributed by atoms with Crippen molar-refractivity contribution in [1.82, 2.24) is 5.32 Å². The van der Waals surface area contributed by atoms with Crippen molar-refractivity contribution in [1.29, 1.82) is 0 Å². The maximum Gasteiger partial charge on any atom is 0.0434 e. The van der Waals surface area contributed by atoms with E-state index < -0.39 is 0 Å². The lowest BCUT2D eigenvalue weighted by atomic mass is 9.87. The van der Waals surface area contributed by atoms with Crippen molar-refractivity contribution in [2.45, 2.75) is 38.3 Å². The summed E-state index contributed by atoms with van der Waals surface area (Å²) < 4.78 is 0. The van der Waals surface area contributed by atoms with Crippen LogP contribution in [0.4, 0.5) is 0 Å². The maximum absolute atomic E-state index is 8.67. The third kappa shape index (κ3) is 3.09. The van der Waals surface area contributed by atoms with E-state index in [1.807, 2.05) is 0 Å². The highest BCUT2D eigenvalue weighted by atomic mass is 16.3. The Morgan fingerprint density at radius 3 is 2.75 bits per heavy atom. The first-order chi connectivity index (χ1) is 5.72. The molecule has 0 radical (unpaired) electrons. The molecule has 0 saturated heterocycles. The molecule has 0 bridgehead atoms. The summed E-state index contributed by atoms with van der Waals surface area (Å²) in [4.78, 5) is 0. The van der Waals surface area contributed by atoms with E-state index in [9.17, 15) is 0 Å². The van der Waals surface area contributed by atoms with Gasteiger partial charge in [0.1, 0.15) is 0 Å².